The molecule has 0 bridgehead atoms. The molecule has 2 aromatic rings. The van der Waals surface area contributed by atoms with Crippen LogP contribution in [0.25, 0.3) is 11.3 Å². The van der Waals surface area contributed by atoms with Gasteiger partial charge < -0.3 is 9.72 Å². The summed E-state index contributed by atoms with van der Waals surface area (Å²) in [6.07, 6.45) is 0.871. The molecule has 0 radical (unpaired) electrons. The topological polar surface area (TPSA) is 42.1 Å². The second kappa shape index (κ2) is 5.56. The number of ether oxygens (including phenoxy) is 1. The van der Waals surface area contributed by atoms with Crippen molar-refractivity contribution in [3.05, 3.63) is 45.2 Å². The van der Waals surface area contributed by atoms with Crippen LogP contribution in [0.5, 0.6) is 0 Å². The summed E-state index contributed by atoms with van der Waals surface area (Å²) in [6.45, 7) is 2.08. The first-order valence-corrected chi connectivity index (χ1v) is 6.81. The third-order valence-corrected chi connectivity index (χ3v) is 4.03. The Kier molecular flexibility index (Phi) is 4.06. The van der Waals surface area contributed by atoms with E-state index in [0.717, 1.165) is 26.8 Å². The van der Waals surface area contributed by atoms with Gasteiger partial charge in [-0.1, -0.05) is 37.3 Å². The number of hydrogen-bond donors (Lipinski definition) is 1. The van der Waals surface area contributed by atoms with E-state index in [9.17, 15) is 4.79 Å². The average Bonchev–Trinajstić information content (AvgIpc) is 2.76. The van der Waals surface area contributed by atoms with Crippen LogP contribution in [0.1, 0.15) is 23.0 Å². The summed E-state index contributed by atoms with van der Waals surface area (Å²) in [6, 6.07) is 10.0. The number of carbonyl (C=O) groups is 1. The Labute approximate surface area is 120 Å². The maximum atomic E-state index is 11.7. The molecule has 94 valence electrons. The molecule has 1 heterocycles. The van der Waals surface area contributed by atoms with Gasteiger partial charge in [0.1, 0.15) is 5.69 Å². The lowest BCUT2D eigenvalue weighted by Crippen LogP contribution is -2.03. The Morgan fingerprint density at radius 1 is 1.33 bits per heavy atom. The Hall–Kier alpha value is -1.30. The number of benzene rings is 1. The Morgan fingerprint density at radius 2 is 2.00 bits per heavy atom. The Balaban J connectivity index is 2.58. The van der Waals surface area contributed by atoms with Crippen molar-refractivity contribution in [2.45, 2.75) is 13.3 Å². The molecule has 0 saturated heterocycles. The molecule has 3 nitrogen and oxygen atoms in total. The Bertz CT molecular complexity index is 561. The van der Waals surface area contributed by atoms with Crippen LogP contribution in [-0.2, 0) is 11.2 Å². The summed E-state index contributed by atoms with van der Waals surface area (Å²) in [4.78, 5) is 14.9. The number of aromatic nitrogens is 1. The van der Waals surface area contributed by atoms with E-state index in [1.165, 1.54) is 7.11 Å². The molecule has 0 unspecified atom stereocenters. The predicted octanol–water partition coefficient (Wildman–Crippen LogP) is 3.64. The fourth-order valence-corrected chi connectivity index (χ4v) is 2.95. The van der Waals surface area contributed by atoms with E-state index in [4.69, 9.17) is 4.74 Å². The molecular formula is C14H14INO2. The molecule has 0 amide bonds. The molecule has 0 aliphatic rings. The molecular weight excluding hydrogens is 341 g/mol. The van der Waals surface area contributed by atoms with Gasteiger partial charge in [-0.2, -0.15) is 0 Å². The number of carbonyl (C=O) groups excluding carboxylic acids is 1. The molecule has 1 aromatic heterocycles. The number of methoxy groups -OCH3 is 1. The standard InChI is InChI=1S/C14H14INO2/c1-3-10-11(15)13(14(17)18-2)16-12(10)9-7-5-4-6-8-9/h4-8,16H,3H2,1-2H3. The highest BCUT2D eigenvalue weighted by molar-refractivity contribution is 14.1. The van der Waals surface area contributed by atoms with Crippen LogP contribution in [0.4, 0.5) is 0 Å². The van der Waals surface area contributed by atoms with Crippen LogP contribution in [0.15, 0.2) is 30.3 Å². The van der Waals surface area contributed by atoms with Gasteiger partial charge in [0, 0.05) is 3.57 Å². The van der Waals surface area contributed by atoms with Crippen LogP contribution in [-0.4, -0.2) is 18.1 Å². The minimum atomic E-state index is -0.323. The summed E-state index contributed by atoms with van der Waals surface area (Å²) >= 11 is 2.20. The SMILES string of the molecule is CCc1c(-c2ccccc2)[nH]c(C(=O)OC)c1I. The molecule has 4 heteroatoms. The molecule has 0 fully saturated rings. The van der Waals surface area contributed by atoms with E-state index < -0.39 is 0 Å². The highest BCUT2D eigenvalue weighted by Crippen LogP contribution is 2.30. The van der Waals surface area contributed by atoms with Gasteiger partial charge in [-0.05, 0) is 40.1 Å². The molecule has 0 atom stereocenters. The summed E-state index contributed by atoms with van der Waals surface area (Å²) in [5.74, 6) is -0.323. The van der Waals surface area contributed by atoms with Gasteiger partial charge in [-0.15, -0.1) is 0 Å². The zero-order chi connectivity index (χ0) is 13.1. The van der Waals surface area contributed by atoms with E-state index in [1.807, 2.05) is 30.3 Å². The van der Waals surface area contributed by atoms with Crippen molar-refractivity contribution in [2.24, 2.45) is 0 Å². The monoisotopic (exact) mass is 355 g/mol. The first-order valence-electron chi connectivity index (χ1n) is 5.73. The lowest BCUT2D eigenvalue weighted by molar-refractivity contribution is 0.0593. The van der Waals surface area contributed by atoms with Crippen LogP contribution >= 0.6 is 22.6 Å². The second-order valence-electron chi connectivity index (χ2n) is 3.88. The number of aromatic amines is 1. The van der Waals surface area contributed by atoms with Crippen molar-refractivity contribution in [1.82, 2.24) is 4.98 Å². The van der Waals surface area contributed by atoms with Gasteiger partial charge in [-0.3, -0.25) is 0 Å². The third kappa shape index (κ3) is 2.29. The number of esters is 1. The van der Waals surface area contributed by atoms with E-state index in [1.54, 1.807) is 0 Å². The second-order valence-corrected chi connectivity index (χ2v) is 4.96. The van der Waals surface area contributed by atoms with Crippen LogP contribution in [0.3, 0.4) is 0 Å². The maximum Gasteiger partial charge on any atom is 0.355 e. The number of rotatable bonds is 3. The van der Waals surface area contributed by atoms with E-state index in [2.05, 4.69) is 34.5 Å². The van der Waals surface area contributed by atoms with E-state index in [0.29, 0.717) is 5.69 Å². The van der Waals surface area contributed by atoms with Crippen molar-refractivity contribution in [3.63, 3.8) is 0 Å². The van der Waals surface area contributed by atoms with Gasteiger partial charge in [-0.25, -0.2) is 4.79 Å². The normalized spacial score (nSPS) is 10.4. The maximum absolute atomic E-state index is 11.7. The first-order chi connectivity index (χ1) is 8.69. The van der Waals surface area contributed by atoms with Crippen molar-refractivity contribution >= 4 is 28.6 Å². The largest absolute Gasteiger partial charge is 0.464 e. The minimum Gasteiger partial charge on any atom is -0.464 e. The molecule has 0 saturated carbocycles. The molecule has 0 spiro atoms. The van der Waals surface area contributed by atoms with Crippen molar-refractivity contribution in [1.29, 1.82) is 0 Å². The molecule has 0 aliphatic heterocycles. The van der Waals surface area contributed by atoms with Gasteiger partial charge in [0.05, 0.1) is 12.8 Å². The number of nitrogens with one attached hydrogen (secondary N) is 1. The summed E-state index contributed by atoms with van der Waals surface area (Å²) in [5.41, 5.74) is 3.78. The zero-order valence-electron chi connectivity index (χ0n) is 10.3. The number of H-pyrrole nitrogens is 1. The molecule has 1 aromatic carbocycles. The van der Waals surface area contributed by atoms with Crippen LogP contribution in [0.2, 0.25) is 0 Å². The zero-order valence-corrected chi connectivity index (χ0v) is 12.4. The quantitative estimate of drug-likeness (QED) is 0.675. The summed E-state index contributed by atoms with van der Waals surface area (Å²) in [5, 5.41) is 0. The fraction of sp³-hybridized carbons (Fsp3) is 0.214. The fourth-order valence-electron chi connectivity index (χ4n) is 1.94. The first kappa shape index (κ1) is 13.1. The van der Waals surface area contributed by atoms with E-state index in [-0.39, 0.29) is 5.97 Å². The van der Waals surface area contributed by atoms with E-state index >= 15 is 0 Å². The number of hydrogen-bond acceptors (Lipinski definition) is 2. The van der Waals surface area contributed by atoms with Crippen LogP contribution in [0, 0.1) is 3.57 Å². The van der Waals surface area contributed by atoms with Gasteiger partial charge >= 0.3 is 5.97 Å². The van der Waals surface area contributed by atoms with Crippen molar-refractivity contribution in [3.8, 4) is 11.3 Å². The van der Waals surface area contributed by atoms with Crippen molar-refractivity contribution < 1.29 is 9.53 Å². The molecule has 1 N–H and O–H groups in total. The van der Waals surface area contributed by atoms with Gasteiger partial charge in [0.25, 0.3) is 0 Å². The Morgan fingerprint density at radius 3 is 2.56 bits per heavy atom. The third-order valence-electron chi connectivity index (χ3n) is 2.84. The van der Waals surface area contributed by atoms with Gasteiger partial charge in [0.2, 0.25) is 0 Å². The minimum absolute atomic E-state index is 0.323. The van der Waals surface area contributed by atoms with Crippen LogP contribution < -0.4 is 0 Å². The summed E-state index contributed by atoms with van der Waals surface area (Å²) < 4.78 is 5.74. The highest BCUT2D eigenvalue weighted by Gasteiger charge is 2.20. The summed E-state index contributed by atoms with van der Waals surface area (Å²) in [7, 11) is 1.40. The smallest absolute Gasteiger partial charge is 0.355 e. The average molecular weight is 355 g/mol. The predicted molar refractivity (Wildman–Crippen MR) is 79.7 cm³/mol. The lowest BCUT2D eigenvalue weighted by Gasteiger charge is -2.01. The molecule has 0 aliphatic carbocycles. The number of halogens is 1. The lowest BCUT2D eigenvalue weighted by atomic mass is 10.1. The van der Waals surface area contributed by atoms with Crippen molar-refractivity contribution in [2.75, 3.05) is 7.11 Å². The molecule has 2 rings (SSSR count). The highest BCUT2D eigenvalue weighted by atomic mass is 127. The van der Waals surface area contributed by atoms with Gasteiger partial charge in [0.15, 0.2) is 0 Å². The molecule has 18 heavy (non-hydrogen) atoms.